The van der Waals surface area contributed by atoms with Crippen molar-refractivity contribution in [1.29, 1.82) is 0 Å². The fourth-order valence-corrected chi connectivity index (χ4v) is 2.52. The summed E-state index contributed by atoms with van der Waals surface area (Å²) in [5, 5.41) is 11.4. The van der Waals surface area contributed by atoms with Crippen LogP contribution in [0.5, 0.6) is 0 Å². The van der Waals surface area contributed by atoms with Crippen LogP contribution in [0.4, 0.5) is 4.39 Å². The Morgan fingerprint density at radius 2 is 2.05 bits per heavy atom. The molecule has 108 valence electrons. The van der Waals surface area contributed by atoms with Crippen molar-refractivity contribution in [3.63, 3.8) is 0 Å². The second kappa shape index (κ2) is 5.29. The molecule has 3 N–H and O–H groups in total. The van der Waals surface area contributed by atoms with Gasteiger partial charge in [0.25, 0.3) is 0 Å². The molecule has 0 aromatic heterocycles. The molecule has 1 amide bonds. The van der Waals surface area contributed by atoms with E-state index in [-0.39, 0.29) is 17.7 Å². The van der Waals surface area contributed by atoms with Crippen molar-refractivity contribution in [2.45, 2.75) is 24.1 Å². The molecule has 1 unspecified atom stereocenters. The number of nitrogens with one attached hydrogen (secondary N) is 1. The number of aromatic carboxylic acids is 1. The highest BCUT2D eigenvalue weighted by Gasteiger charge is 2.55. The number of hydrogen-bond acceptors (Lipinski definition) is 3. The van der Waals surface area contributed by atoms with E-state index in [1.54, 1.807) is 0 Å². The lowest BCUT2D eigenvalue weighted by atomic mass is 10.1. The number of carbonyl (C=O) groups is 2. The molecule has 1 saturated carbocycles. The molecule has 0 spiro atoms. The first-order chi connectivity index (χ1) is 9.36. The van der Waals surface area contributed by atoms with E-state index in [4.69, 9.17) is 9.66 Å². The Hall–Kier alpha value is -1.80. The Labute approximate surface area is 116 Å². The van der Waals surface area contributed by atoms with E-state index in [0.717, 1.165) is 12.1 Å². The van der Waals surface area contributed by atoms with Crippen LogP contribution in [0.3, 0.4) is 0 Å². The number of amides is 1. The molecule has 6 nitrogen and oxygen atoms in total. The van der Waals surface area contributed by atoms with Crippen molar-refractivity contribution in [3.8, 4) is 0 Å². The third kappa shape index (κ3) is 2.70. The third-order valence-corrected chi connectivity index (χ3v) is 4.46. The van der Waals surface area contributed by atoms with Crippen molar-refractivity contribution in [3.05, 3.63) is 35.1 Å². The SMILES string of the molecule is O=C(O)c1cc(F)ccc1CNC(=O)C1(S(=O)O)CC1. The van der Waals surface area contributed by atoms with Crippen LogP contribution in [0.15, 0.2) is 18.2 Å². The van der Waals surface area contributed by atoms with Crippen LogP contribution < -0.4 is 5.32 Å². The molecule has 0 heterocycles. The standard InChI is InChI=1S/C12H12FNO5S/c13-8-2-1-7(9(5-8)10(15)16)6-14-11(17)12(3-4-12)20(18)19/h1-2,5H,3-4,6H2,(H,14,17)(H,15,16)(H,18,19). The van der Waals surface area contributed by atoms with Crippen LogP contribution in [0.1, 0.15) is 28.8 Å². The van der Waals surface area contributed by atoms with Gasteiger partial charge in [-0.05, 0) is 30.5 Å². The molecule has 1 aliphatic rings. The van der Waals surface area contributed by atoms with Crippen LogP contribution >= 0.6 is 0 Å². The molecule has 1 aromatic carbocycles. The highest BCUT2D eigenvalue weighted by Crippen LogP contribution is 2.41. The molecule has 1 atom stereocenters. The molecule has 2 rings (SSSR count). The smallest absolute Gasteiger partial charge is 0.336 e. The first kappa shape index (κ1) is 14.6. The van der Waals surface area contributed by atoms with Crippen LogP contribution in [0, 0.1) is 5.82 Å². The Morgan fingerprint density at radius 3 is 2.55 bits per heavy atom. The van der Waals surface area contributed by atoms with E-state index in [0.29, 0.717) is 12.8 Å². The zero-order valence-electron chi connectivity index (χ0n) is 10.3. The maximum absolute atomic E-state index is 13.0. The van der Waals surface area contributed by atoms with E-state index in [9.17, 15) is 18.2 Å². The lowest BCUT2D eigenvalue weighted by molar-refractivity contribution is -0.121. The van der Waals surface area contributed by atoms with Crippen molar-refractivity contribution in [2.75, 3.05) is 0 Å². The molecule has 0 radical (unpaired) electrons. The number of halogens is 1. The summed E-state index contributed by atoms with van der Waals surface area (Å²) in [4.78, 5) is 22.8. The summed E-state index contributed by atoms with van der Waals surface area (Å²) < 4.78 is 31.8. The van der Waals surface area contributed by atoms with Crippen LogP contribution in [0.2, 0.25) is 0 Å². The quantitative estimate of drug-likeness (QED) is 0.701. The van der Waals surface area contributed by atoms with E-state index in [2.05, 4.69) is 5.32 Å². The summed E-state index contributed by atoms with van der Waals surface area (Å²) >= 11 is -2.26. The molecular weight excluding hydrogens is 289 g/mol. The molecule has 0 aliphatic heterocycles. The normalized spacial score (nSPS) is 17.3. The van der Waals surface area contributed by atoms with Gasteiger partial charge < -0.3 is 15.0 Å². The van der Waals surface area contributed by atoms with Gasteiger partial charge in [-0.25, -0.2) is 13.4 Å². The fourth-order valence-electron chi connectivity index (χ4n) is 1.83. The average molecular weight is 301 g/mol. The van der Waals surface area contributed by atoms with Gasteiger partial charge in [-0.3, -0.25) is 4.79 Å². The van der Waals surface area contributed by atoms with Gasteiger partial charge in [-0.2, -0.15) is 0 Å². The molecule has 8 heteroatoms. The van der Waals surface area contributed by atoms with E-state index >= 15 is 0 Å². The van der Waals surface area contributed by atoms with Gasteiger partial charge in [0.05, 0.1) is 5.56 Å². The second-order valence-electron chi connectivity index (χ2n) is 4.53. The number of hydrogen-bond donors (Lipinski definition) is 3. The third-order valence-electron chi connectivity index (χ3n) is 3.19. The van der Waals surface area contributed by atoms with Gasteiger partial charge in [0, 0.05) is 6.54 Å². The summed E-state index contributed by atoms with van der Waals surface area (Å²) in [5.74, 6) is -2.59. The fraction of sp³-hybridized carbons (Fsp3) is 0.333. The van der Waals surface area contributed by atoms with Crippen LogP contribution in [0.25, 0.3) is 0 Å². The minimum atomic E-state index is -2.26. The molecular formula is C12H12FNO5S. The predicted molar refractivity (Wildman–Crippen MR) is 67.9 cm³/mol. The Kier molecular flexibility index (Phi) is 3.87. The maximum Gasteiger partial charge on any atom is 0.336 e. The maximum atomic E-state index is 13.0. The number of carbonyl (C=O) groups excluding carboxylic acids is 1. The van der Waals surface area contributed by atoms with Crippen molar-refractivity contribution < 1.29 is 27.8 Å². The molecule has 1 fully saturated rings. The minimum absolute atomic E-state index is 0.139. The number of rotatable bonds is 5. The van der Waals surface area contributed by atoms with Crippen molar-refractivity contribution in [2.24, 2.45) is 0 Å². The Balaban J connectivity index is 2.10. The lowest BCUT2D eigenvalue weighted by Crippen LogP contribution is -2.39. The molecule has 1 aliphatic carbocycles. The number of carboxylic acids is 1. The van der Waals surface area contributed by atoms with Gasteiger partial charge in [-0.15, -0.1) is 0 Å². The number of carboxylic acid groups (broad SMARTS) is 1. The topological polar surface area (TPSA) is 104 Å². The highest BCUT2D eigenvalue weighted by atomic mass is 32.2. The Morgan fingerprint density at radius 1 is 1.40 bits per heavy atom. The van der Waals surface area contributed by atoms with E-state index in [1.165, 1.54) is 6.07 Å². The van der Waals surface area contributed by atoms with Gasteiger partial charge >= 0.3 is 5.97 Å². The monoisotopic (exact) mass is 301 g/mol. The molecule has 1 aromatic rings. The Bertz CT molecular complexity index is 600. The first-order valence-electron chi connectivity index (χ1n) is 5.78. The summed E-state index contributed by atoms with van der Waals surface area (Å²) in [6.45, 7) is -0.139. The molecule has 20 heavy (non-hydrogen) atoms. The minimum Gasteiger partial charge on any atom is -0.478 e. The zero-order valence-corrected chi connectivity index (χ0v) is 11.1. The summed E-state index contributed by atoms with van der Waals surface area (Å²) in [6, 6.07) is 3.21. The summed E-state index contributed by atoms with van der Waals surface area (Å²) in [5.41, 5.74) is -0.0213. The summed E-state index contributed by atoms with van der Waals surface area (Å²) in [7, 11) is 0. The first-order valence-corrected chi connectivity index (χ1v) is 6.88. The number of benzene rings is 1. The van der Waals surface area contributed by atoms with Crippen molar-refractivity contribution in [1.82, 2.24) is 5.32 Å². The van der Waals surface area contributed by atoms with Crippen molar-refractivity contribution >= 4 is 23.0 Å². The molecule has 0 saturated heterocycles. The second-order valence-corrected chi connectivity index (χ2v) is 5.81. The van der Waals surface area contributed by atoms with E-state index in [1.807, 2.05) is 0 Å². The largest absolute Gasteiger partial charge is 0.478 e. The average Bonchev–Trinajstić information content (AvgIpc) is 3.18. The van der Waals surface area contributed by atoms with Gasteiger partial charge in [-0.1, -0.05) is 6.07 Å². The highest BCUT2D eigenvalue weighted by molar-refractivity contribution is 7.82. The van der Waals surface area contributed by atoms with Crippen LogP contribution in [-0.4, -0.2) is 30.5 Å². The van der Waals surface area contributed by atoms with E-state index < -0.39 is 33.5 Å². The lowest BCUT2D eigenvalue weighted by Gasteiger charge is -2.12. The predicted octanol–water partition coefficient (Wildman–Crippen LogP) is 0.894. The van der Waals surface area contributed by atoms with Crippen LogP contribution in [-0.2, 0) is 22.4 Å². The van der Waals surface area contributed by atoms with Gasteiger partial charge in [0.15, 0.2) is 11.1 Å². The molecule has 0 bridgehead atoms. The summed E-state index contributed by atoms with van der Waals surface area (Å²) in [6.07, 6.45) is 0.633. The zero-order chi connectivity index (χ0) is 14.9. The van der Waals surface area contributed by atoms with Gasteiger partial charge in [0.1, 0.15) is 10.6 Å². The van der Waals surface area contributed by atoms with Gasteiger partial charge in [0.2, 0.25) is 5.91 Å².